The van der Waals surface area contributed by atoms with Crippen molar-refractivity contribution in [3.8, 4) is 11.8 Å². The van der Waals surface area contributed by atoms with Crippen LogP contribution in [0.25, 0.3) is 17.4 Å². The third-order valence-electron chi connectivity index (χ3n) is 3.69. The molecular formula is C21H18N2O6S. The molecule has 2 rings (SSSR count). The average Bonchev–Trinajstić information content (AvgIpc) is 3.05. The molecule has 0 aliphatic rings. The van der Waals surface area contributed by atoms with Crippen LogP contribution in [0.1, 0.15) is 12.5 Å². The first-order valence-corrected chi connectivity index (χ1v) is 9.57. The van der Waals surface area contributed by atoms with Gasteiger partial charge in [-0.05, 0) is 19.1 Å². The minimum absolute atomic E-state index is 0.0578. The fourth-order valence-electron chi connectivity index (χ4n) is 2.38. The van der Waals surface area contributed by atoms with Crippen LogP contribution in [0.15, 0.2) is 41.7 Å². The van der Waals surface area contributed by atoms with Crippen LogP contribution in [0.2, 0.25) is 0 Å². The van der Waals surface area contributed by atoms with Crippen LogP contribution in [-0.4, -0.2) is 34.8 Å². The van der Waals surface area contributed by atoms with E-state index in [1.165, 1.54) is 16.7 Å². The van der Waals surface area contributed by atoms with E-state index in [9.17, 15) is 19.6 Å². The summed E-state index contributed by atoms with van der Waals surface area (Å²) in [6.07, 6.45) is 2.86. The fraction of sp³-hybridized carbons (Fsp3) is 0.190. The first-order valence-electron chi connectivity index (χ1n) is 8.75. The predicted molar refractivity (Wildman–Crippen MR) is 111 cm³/mol. The number of thiazole rings is 1. The quantitative estimate of drug-likeness (QED) is 0.492. The van der Waals surface area contributed by atoms with E-state index in [1.807, 2.05) is 0 Å². The highest BCUT2D eigenvalue weighted by Gasteiger charge is 2.16. The zero-order valence-corrected chi connectivity index (χ0v) is 16.9. The Hall–Kier alpha value is -3.86. The topological polar surface area (TPSA) is 119 Å². The van der Waals surface area contributed by atoms with Crippen molar-refractivity contribution in [2.45, 2.75) is 13.5 Å². The van der Waals surface area contributed by atoms with Gasteiger partial charge in [0.1, 0.15) is 27.6 Å². The van der Waals surface area contributed by atoms with Crippen LogP contribution in [-0.2, 0) is 20.9 Å². The Labute approximate surface area is 175 Å². The van der Waals surface area contributed by atoms with Crippen LogP contribution < -0.4 is 19.5 Å². The Morgan fingerprint density at radius 3 is 2.73 bits per heavy atom. The van der Waals surface area contributed by atoms with Crippen molar-refractivity contribution in [2.24, 2.45) is 0 Å². The van der Waals surface area contributed by atoms with Gasteiger partial charge in [0.05, 0.1) is 0 Å². The van der Waals surface area contributed by atoms with E-state index >= 15 is 0 Å². The second-order valence-electron chi connectivity index (χ2n) is 5.67. The molecule has 1 N–H and O–H groups in total. The molecule has 2 aromatic rings. The summed E-state index contributed by atoms with van der Waals surface area (Å²) >= 11 is 0.936. The predicted octanol–water partition coefficient (Wildman–Crippen LogP) is 0.889. The molecule has 0 aliphatic heterocycles. The Kier molecular flexibility index (Phi) is 7.94. The van der Waals surface area contributed by atoms with Gasteiger partial charge in [-0.1, -0.05) is 36.6 Å². The van der Waals surface area contributed by atoms with E-state index < -0.39 is 24.1 Å². The van der Waals surface area contributed by atoms with Gasteiger partial charge in [-0.3, -0.25) is 9.36 Å². The largest absolute Gasteiger partial charge is 0.481 e. The summed E-state index contributed by atoms with van der Waals surface area (Å²) in [7, 11) is 0. The van der Waals surface area contributed by atoms with Gasteiger partial charge in [-0.15, -0.1) is 11.3 Å². The van der Waals surface area contributed by atoms with E-state index in [2.05, 4.69) is 12.3 Å². The van der Waals surface area contributed by atoms with Crippen molar-refractivity contribution < 1.29 is 24.2 Å². The summed E-state index contributed by atoms with van der Waals surface area (Å²) in [5.74, 6) is -1.64. The molecule has 0 unspecified atom stereocenters. The number of carboxylic acid groups (broad SMARTS) is 1. The van der Waals surface area contributed by atoms with E-state index in [0.717, 1.165) is 11.3 Å². The summed E-state index contributed by atoms with van der Waals surface area (Å²) in [5.41, 5.74) is 2.68. The minimum Gasteiger partial charge on any atom is -0.481 e. The number of carbonyl (C=O) groups excluding carboxylic acids is 1. The van der Waals surface area contributed by atoms with Gasteiger partial charge in [0.25, 0.3) is 5.56 Å². The average molecular weight is 426 g/mol. The van der Waals surface area contributed by atoms with Gasteiger partial charge in [-0.2, -0.15) is 5.26 Å². The highest BCUT2D eigenvalue weighted by atomic mass is 32.1. The molecule has 0 atom stereocenters. The zero-order valence-electron chi connectivity index (χ0n) is 16.1. The molecule has 8 nitrogen and oxygen atoms in total. The number of aromatic nitrogens is 1. The smallest absolute Gasteiger partial charge is 0.352 e. The van der Waals surface area contributed by atoms with Crippen LogP contribution in [0.4, 0.5) is 0 Å². The summed E-state index contributed by atoms with van der Waals surface area (Å²) in [6, 6.07) is 8.48. The molecular weight excluding hydrogens is 408 g/mol. The summed E-state index contributed by atoms with van der Waals surface area (Å²) in [4.78, 5) is 35.6. The standard InChI is InChI=1S/C21H18N2O6S/c1-3-11-28-21(27)15(12-22)20-23(4-2)19(26)17(30-20)10-9-14-7-5-6-8-16(14)29-13-18(24)25/h3,5-9H,1,4,11,13H2,2H3,(H,24,25)/b20-15-. The van der Waals surface area contributed by atoms with Gasteiger partial charge in [0.15, 0.2) is 12.2 Å². The Morgan fingerprint density at radius 2 is 2.10 bits per heavy atom. The van der Waals surface area contributed by atoms with Gasteiger partial charge < -0.3 is 14.6 Å². The maximum atomic E-state index is 12.7. The van der Waals surface area contributed by atoms with Crippen molar-refractivity contribution in [1.29, 1.82) is 5.26 Å². The molecule has 0 bridgehead atoms. The summed E-state index contributed by atoms with van der Waals surface area (Å²) < 4.78 is 11.8. The summed E-state index contributed by atoms with van der Waals surface area (Å²) in [6.45, 7) is 4.83. The third-order valence-corrected chi connectivity index (χ3v) is 4.80. The van der Waals surface area contributed by atoms with Crippen LogP contribution in [0.5, 0.6) is 5.75 Å². The Bertz CT molecular complexity index is 1230. The third kappa shape index (κ3) is 5.35. The number of ether oxygens (including phenoxy) is 2. The second-order valence-corrected chi connectivity index (χ2v) is 6.67. The van der Waals surface area contributed by atoms with E-state index in [4.69, 9.17) is 14.6 Å². The second kappa shape index (κ2) is 10.6. The first-order chi connectivity index (χ1) is 14.4. The molecule has 30 heavy (non-hydrogen) atoms. The lowest BCUT2D eigenvalue weighted by Gasteiger charge is -2.05. The highest BCUT2D eigenvalue weighted by molar-refractivity contribution is 7.07. The number of carboxylic acids is 1. The number of nitriles is 1. The number of aliphatic carboxylic acids is 1. The number of carbonyl (C=O) groups is 2. The molecule has 154 valence electrons. The number of hydrogen-bond acceptors (Lipinski definition) is 7. The highest BCUT2D eigenvalue weighted by Crippen LogP contribution is 2.18. The van der Waals surface area contributed by atoms with Crippen LogP contribution >= 0.6 is 11.3 Å². The number of benzene rings is 1. The minimum atomic E-state index is -1.12. The van der Waals surface area contributed by atoms with Gasteiger partial charge in [0, 0.05) is 12.1 Å². The van der Waals surface area contributed by atoms with Crippen LogP contribution in [0, 0.1) is 11.3 Å². The van der Waals surface area contributed by atoms with Gasteiger partial charge in [-0.25, -0.2) is 9.59 Å². The molecule has 1 heterocycles. The monoisotopic (exact) mass is 426 g/mol. The van der Waals surface area contributed by atoms with E-state index in [-0.39, 0.29) is 27.9 Å². The lowest BCUT2D eigenvalue weighted by Crippen LogP contribution is -2.32. The van der Waals surface area contributed by atoms with Crippen LogP contribution in [0.3, 0.4) is 0 Å². The lowest BCUT2D eigenvalue weighted by atomic mass is 10.2. The Morgan fingerprint density at radius 1 is 1.37 bits per heavy atom. The summed E-state index contributed by atoms with van der Waals surface area (Å²) in [5, 5.41) is 18.2. The molecule has 0 amide bonds. The molecule has 0 saturated heterocycles. The van der Waals surface area contributed by atoms with Crippen molar-refractivity contribution in [3.63, 3.8) is 0 Å². The molecule has 0 spiro atoms. The molecule has 0 fully saturated rings. The van der Waals surface area contributed by atoms with Crippen molar-refractivity contribution in [1.82, 2.24) is 4.57 Å². The maximum absolute atomic E-state index is 12.7. The SMILES string of the molecule is C=CCOC(=O)/C(C#N)=c1\sc(=C=Cc2ccccc2OCC(=O)O)c(=O)n1CC. The van der Waals surface area contributed by atoms with Gasteiger partial charge in [0.2, 0.25) is 0 Å². The number of para-hydroxylation sites is 1. The van der Waals surface area contributed by atoms with E-state index in [1.54, 1.807) is 37.3 Å². The van der Waals surface area contributed by atoms with Crippen molar-refractivity contribution in [3.05, 3.63) is 62.0 Å². The fourth-order valence-corrected chi connectivity index (χ4v) is 3.44. The Balaban J connectivity index is 2.64. The molecule has 0 saturated carbocycles. The number of rotatable bonds is 8. The van der Waals surface area contributed by atoms with Crippen molar-refractivity contribution in [2.75, 3.05) is 13.2 Å². The molecule has 9 heteroatoms. The molecule has 0 aliphatic carbocycles. The van der Waals surface area contributed by atoms with Crippen molar-refractivity contribution >= 4 is 40.7 Å². The maximum Gasteiger partial charge on any atom is 0.352 e. The van der Waals surface area contributed by atoms with E-state index in [0.29, 0.717) is 11.3 Å². The first kappa shape index (κ1) is 22.4. The molecule has 1 aromatic carbocycles. The molecule has 1 aromatic heterocycles. The number of esters is 1. The number of hydrogen-bond donors (Lipinski definition) is 1. The lowest BCUT2D eigenvalue weighted by molar-refractivity contribution is -0.139. The zero-order chi connectivity index (χ0) is 22.1. The normalized spacial score (nSPS) is 10.9. The number of nitrogens with zero attached hydrogens (tertiary/aromatic N) is 2. The molecule has 0 radical (unpaired) electrons. The van der Waals surface area contributed by atoms with Gasteiger partial charge >= 0.3 is 11.9 Å².